The number of hydrogen-bond donors (Lipinski definition) is 0. The third-order valence-corrected chi connectivity index (χ3v) is 25.7. The zero-order valence-corrected chi connectivity index (χ0v) is 69.5. The van der Waals surface area contributed by atoms with Gasteiger partial charge in [-0.1, -0.05) is 273 Å². The molecule has 9 nitrogen and oxygen atoms in total. The summed E-state index contributed by atoms with van der Waals surface area (Å²) in [4.78, 5) is 27.6. The van der Waals surface area contributed by atoms with Crippen LogP contribution in [0.15, 0.2) is 451 Å². The van der Waals surface area contributed by atoms with Crippen LogP contribution in [0.25, 0.3) is 263 Å². The van der Waals surface area contributed by atoms with E-state index in [0.29, 0.717) is 0 Å². The largest absolute Gasteiger partial charge is 0.455 e. The lowest BCUT2D eigenvalue weighted by atomic mass is 9.86. The molecule has 600 valence electrons. The molecule has 0 N–H and O–H groups in total. The first-order valence-electron chi connectivity index (χ1n) is 43.5. The molecule has 129 heavy (non-hydrogen) atoms. The number of aromatic nitrogens is 6. The maximum absolute atomic E-state index is 6.44. The summed E-state index contributed by atoms with van der Waals surface area (Å²) in [6.07, 6.45) is 14.9. The maximum atomic E-state index is 6.44. The standard InChI is InChI=1S/3C40H24N2O/c1-2-11-28-25(9-1)18-20-33-34-23-26(19-21-37(34)43-40(28)33)38-29-12-3-5-14-31(29)39(32-15-6-4-13-30(32)38)36-17-7-16-35(42-36)27-10-8-22-41-24-27;1-2-10-29-25(8-1)15-18-34-35-22-26(17-20-37(35)43-40(29)34)38-30-11-3-5-13-32(30)39(33-14-6-4-12-31(33)38)28-16-19-36(42-24-28)27-9-7-21-41-23-27;1-2-8-29-25(7-1)13-16-34-35-23-27(15-18-37(35)43-40(29)34)38-30-9-3-5-11-32(30)39(33-12-6-4-10-31(33)38)28-14-17-36(42-24-28)26-19-21-41-22-20-26/h3*1-24H. The van der Waals surface area contributed by atoms with Crippen LogP contribution in [0.5, 0.6) is 0 Å². The van der Waals surface area contributed by atoms with E-state index in [1.807, 2.05) is 61.2 Å². The van der Waals surface area contributed by atoms with Gasteiger partial charge in [0.1, 0.15) is 33.5 Å². The van der Waals surface area contributed by atoms with Crippen LogP contribution in [-0.4, -0.2) is 29.9 Å². The van der Waals surface area contributed by atoms with E-state index in [-0.39, 0.29) is 0 Å². The van der Waals surface area contributed by atoms with Crippen LogP contribution in [0.4, 0.5) is 0 Å². The van der Waals surface area contributed by atoms with Crippen molar-refractivity contribution < 1.29 is 13.3 Å². The smallest absolute Gasteiger partial charge is 0.143 e. The Bertz CT molecular complexity index is 8660. The number of hydrogen-bond acceptors (Lipinski definition) is 9. The third-order valence-electron chi connectivity index (χ3n) is 25.7. The van der Waals surface area contributed by atoms with Gasteiger partial charge in [0, 0.05) is 131 Å². The van der Waals surface area contributed by atoms with Gasteiger partial charge in [-0.2, -0.15) is 0 Å². The van der Waals surface area contributed by atoms with Crippen molar-refractivity contribution in [3.63, 3.8) is 0 Å². The van der Waals surface area contributed by atoms with E-state index < -0.39 is 0 Å². The number of pyridine rings is 6. The van der Waals surface area contributed by atoms with E-state index in [4.69, 9.17) is 28.2 Å². The highest BCUT2D eigenvalue weighted by Crippen LogP contribution is 2.51. The second-order valence-corrected chi connectivity index (χ2v) is 32.9. The maximum Gasteiger partial charge on any atom is 0.143 e. The van der Waals surface area contributed by atoms with Crippen LogP contribution in [0.3, 0.4) is 0 Å². The Labute approximate surface area is 739 Å². The van der Waals surface area contributed by atoms with Crippen molar-refractivity contribution in [2.45, 2.75) is 0 Å². The van der Waals surface area contributed by atoms with E-state index >= 15 is 0 Å². The van der Waals surface area contributed by atoms with Gasteiger partial charge in [-0.3, -0.25) is 24.9 Å². The summed E-state index contributed by atoms with van der Waals surface area (Å²) in [5.74, 6) is 0. The Morgan fingerprint density at radius 2 is 0.457 bits per heavy atom. The Morgan fingerprint density at radius 3 is 0.791 bits per heavy atom. The van der Waals surface area contributed by atoms with Crippen molar-refractivity contribution in [3.05, 3.63) is 438 Å². The molecule has 9 aromatic heterocycles. The minimum Gasteiger partial charge on any atom is -0.455 e. The van der Waals surface area contributed by atoms with E-state index in [0.717, 1.165) is 138 Å². The number of rotatable bonds is 9. The van der Waals surface area contributed by atoms with Crippen molar-refractivity contribution in [1.29, 1.82) is 0 Å². The zero-order chi connectivity index (χ0) is 85.0. The van der Waals surface area contributed by atoms with Crippen LogP contribution in [0, 0.1) is 0 Å². The summed E-state index contributed by atoms with van der Waals surface area (Å²) in [5.41, 5.74) is 25.2. The number of furan rings is 3. The van der Waals surface area contributed by atoms with Crippen LogP contribution in [0.2, 0.25) is 0 Å². The summed E-state index contributed by atoms with van der Waals surface area (Å²) in [6.45, 7) is 0. The molecule has 18 aromatic carbocycles. The molecule has 27 aromatic rings. The molecule has 0 saturated carbocycles. The van der Waals surface area contributed by atoms with Gasteiger partial charge in [-0.05, 0) is 241 Å². The van der Waals surface area contributed by atoms with Crippen LogP contribution in [-0.2, 0) is 0 Å². The fraction of sp³-hybridized carbons (Fsp3) is 0. The van der Waals surface area contributed by atoms with E-state index in [9.17, 15) is 0 Å². The molecule has 0 unspecified atom stereocenters. The van der Waals surface area contributed by atoms with Gasteiger partial charge in [0.05, 0.1) is 22.8 Å². The number of benzene rings is 18. The number of fused-ring (bicyclic) bond motifs is 21. The molecule has 0 aliphatic heterocycles. The highest BCUT2D eigenvalue weighted by molar-refractivity contribution is 6.27. The van der Waals surface area contributed by atoms with Crippen molar-refractivity contribution in [2.75, 3.05) is 0 Å². The lowest BCUT2D eigenvalue weighted by Gasteiger charge is -2.17. The van der Waals surface area contributed by atoms with Gasteiger partial charge in [0.25, 0.3) is 0 Å². The average Bonchev–Trinajstić information content (AvgIpc) is 1.64. The molecule has 9 heteroatoms. The van der Waals surface area contributed by atoms with Crippen LogP contribution < -0.4 is 0 Å². The van der Waals surface area contributed by atoms with E-state index in [1.165, 1.54) is 125 Å². The first-order valence-corrected chi connectivity index (χ1v) is 43.5. The second kappa shape index (κ2) is 30.8. The van der Waals surface area contributed by atoms with E-state index in [1.54, 1.807) is 24.8 Å². The summed E-state index contributed by atoms with van der Waals surface area (Å²) in [5, 5.41) is 28.2. The highest BCUT2D eigenvalue weighted by Gasteiger charge is 2.25. The predicted molar refractivity (Wildman–Crippen MR) is 534 cm³/mol. The Morgan fingerprint density at radius 1 is 0.155 bits per heavy atom. The van der Waals surface area contributed by atoms with Gasteiger partial charge in [-0.25, -0.2) is 4.98 Å². The first kappa shape index (κ1) is 74.2. The molecule has 0 amide bonds. The lowest BCUT2D eigenvalue weighted by molar-refractivity contribution is 0.672. The minimum absolute atomic E-state index is 0.900. The molecule has 0 bridgehead atoms. The van der Waals surface area contributed by atoms with Crippen molar-refractivity contribution in [1.82, 2.24) is 29.9 Å². The second-order valence-electron chi connectivity index (χ2n) is 32.9. The highest BCUT2D eigenvalue weighted by atomic mass is 16.3. The monoisotopic (exact) mass is 1640 g/mol. The molecule has 9 heterocycles. The topological polar surface area (TPSA) is 117 Å². The molecule has 0 aliphatic carbocycles. The fourth-order valence-electron chi connectivity index (χ4n) is 19.9. The van der Waals surface area contributed by atoms with E-state index in [2.05, 4.69) is 367 Å². The quantitative estimate of drug-likeness (QED) is 0.130. The lowest BCUT2D eigenvalue weighted by Crippen LogP contribution is -1.93. The summed E-state index contributed by atoms with van der Waals surface area (Å²) in [7, 11) is 0. The van der Waals surface area contributed by atoms with Gasteiger partial charge < -0.3 is 13.3 Å². The van der Waals surface area contributed by atoms with Gasteiger partial charge >= 0.3 is 0 Å². The Hall–Kier alpha value is -17.4. The fourth-order valence-corrected chi connectivity index (χ4v) is 19.9. The SMILES string of the molecule is c1ccc2c(c1)ccc1c3cc(-c4c5ccccc5c(-c5ccc(-c6ccncc6)nc5)c5ccccc45)ccc3oc21.c1cncc(-c2ccc(-c3c4ccccc4c(-c4ccc5oc6c7ccccc7ccc6c5c4)c4ccccc34)cn2)c1.c1cncc(-c2cccc(-c3c4ccccc4c(-c4ccc5oc6c7ccccc7ccc6c5c4)c4ccccc34)n2)c1. The van der Waals surface area contributed by atoms with Crippen molar-refractivity contribution in [3.8, 4) is 101 Å². The minimum atomic E-state index is 0.900. The van der Waals surface area contributed by atoms with Crippen molar-refractivity contribution >= 4 is 163 Å². The Balaban J connectivity index is 0.000000105. The van der Waals surface area contributed by atoms with Gasteiger partial charge in [0.15, 0.2) is 0 Å². The molecular formula is C120H72N6O3. The molecule has 27 rings (SSSR count). The Kier molecular flexibility index (Phi) is 17.7. The first-order chi connectivity index (χ1) is 64.0. The van der Waals surface area contributed by atoms with Gasteiger partial charge in [-0.15, -0.1) is 0 Å². The normalized spacial score (nSPS) is 11.7. The molecule has 0 radical (unpaired) electrons. The summed E-state index contributed by atoms with van der Waals surface area (Å²) < 4.78 is 19.3. The van der Waals surface area contributed by atoms with Crippen LogP contribution >= 0.6 is 0 Å². The van der Waals surface area contributed by atoms with Crippen molar-refractivity contribution in [2.24, 2.45) is 0 Å². The average molecular weight is 1650 g/mol. The zero-order valence-electron chi connectivity index (χ0n) is 69.5. The predicted octanol–water partition coefficient (Wildman–Crippen LogP) is 32.5. The molecule has 0 atom stereocenters. The molecule has 0 saturated heterocycles. The molecule has 0 aliphatic rings. The summed E-state index contributed by atoms with van der Waals surface area (Å²) >= 11 is 0. The number of nitrogens with zero attached hydrogens (tertiary/aromatic N) is 6. The molecular weight excluding hydrogens is 1570 g/mol. The molecule has 0 fully saturated rings. The third kappa shape index (κ3) is 12.6. The molecule has 0 spiro atoms. The summed E-state index contributed by atoms with van der Waals surface area (Å²) in [6, 6.07) is 137. The van der Waals surface area contributed by atoms with Gasteiger partial charge in [0.2, 0.25) is 0 Å². The van der Waals surface area contributed by atoms with Crippen LogP contribution in [0.1, 0.15) is 0 Å².